The second-order valence-corrected chi connectivity index (χ2v) is 9.47. The number of hydrogen-bond acceptors (Lipinski definition) is 7. The van der Waals surface area contributed by atoms with Crippen molar-refractivity contribution in [2.75, 3.05) is 44.7 Å². The van der Waals surface area contributed by atoms with Gasteiger partial charge in [-0.3, -0.25) is 14.5 Å². The number of carbonyl (C=O) groups is 2. The number of carbonyl (C=O) groups excluding carboxylic acids is 2. The highest BCUT2D eigenvalue weighted by Gasteiger charge is 2.47. The molecule has 0 radical (unpaired) electrons. The Balaban J connectivity index is 1.68. The van der Waals surface area contributed by atoms with Gasteiger partial charge >= 0.3 is 0 Å². The van der Waals surface area contributed by atoms with Gasteiger partial charge in [0.25, 0.3) is 11.7 Å². The van der Waals surface area contributed by atoms with E-state index in [4.69, 9.17) is 14.2 Å². The molecule has 8 nitrogen and oxygen atoms in total. The first-order chi connectivity index (χ1) is 18.3. The van der Waals surface area contributed by atoms with Crippen LogP contribution in [0.3, 0.4) is 0 Å². The number of rotatable bonds is 6. The lowest BCUT2D eigenvalue weighted by Gasteiger charge is -2.26. The van der Waals surface area contributed by atoms with E-state index in [2.05, 4.69) is 0 Å². The normalized spacial score (nSPS) is 18.1. The molecule has 3 aromatic rings. The maximum absolute atomic E-state index is 13.5. The number of ketones is 1. The summed E-state index contributed by atoms with van der Waals surface area (Å²) in [7, 11) is 6.90. The van der Waals surface area contributed by atoms with Gasteiger partial charge < -0.3 is 24.2 Å². The molecule has 2 aliphatic rings. The average molecular weight is 515 g/mol. The number of aliphatic hydroxyl groups is 1. The van der Waals surface area contributed by atoms with Crippen molar-refractivity contribution in [3.8, 4) is 17.2 Å². The van der Waals surface area contributed by atoms with Crippen molar-refractivity contribution >= 4 is 28.8 Å². The smallest absolute Gasteiger partial charge is 0.300 e. The van der Waals surface area contributed by atoms with E-state index in [1.165, 1.54) is 19.1 Å². The fourth-order valence-electron chi connectivity index (χ4n) is 5.01. The van der Waals surface area contributed by atoms with Gasteiger partial charge in [-0.15, -0.1) is 0 Å². The van der Waals surface area contributed by atoms with E-state index >= 15 is 0 Å². The molecule has 0 saturated carbocycles. The maximum Gasteiger partial charge on any atom is 0.300 e. The highest BCUT2D eigenvalue weighted by Crippen LogP contribution is 2.44. The van der Waals surface area contributed by atoms with Crippen molar-refractivity contribution in [3.63, 3.8) is 0 Å². The predicted molar refractivity (Wildman–Crippen MR) is 145 cm³/mol. The van der Waals surface area contributed by atoms with E-state index in [0.717, 1.165) is 29.8 Å². The van der Waals surface area contributed by atoms with Crippen molar-refractivity contribution in [1.29, 1.82) is 0 Å². The second kappa shape index (κ2) is 10.1. The number of benzene rings is 3. The van der Waals surface area contributed by atoms with E-state index < -0.39 is 17.7 Å². The third-order valence-corrected chi connectivity index (χ3v) is 7.00. The molecule has 8 heteroatoms. The van der Waals surface area contributed by atoms with Crippen LogP contribution in [0, 0.1) is 0 Å². The largest absolute Gasteiger partial charge is 0.507 e. The van der Waals surface area contributed by atoms with Crippen LogP contribution in [-0.4, -0.2) is 51.7 Å². The van der Waals surface area contributed by atoms with E-state index in [-0.39, 0.29) is 11.3 Å². The molecule has 0 aromatic heterocycles. The Hall–Kier alpha value is -4.46. The summed E-state index contributed by atoms with van der Waals surface area (Å²) >= 11 is 0. The lowest BCUT2D eigenvalue weighted by atomic mass is 9.93. The summed E-state index contributed by atoms with van der Waals surface area (Å²) in [6.45, 7) is 0.651. The van der Waals surface area contributed by atoms with Crippen molar-refractivity contribution in [1.82, 2.24) is 0 Å². The van der Waals surface area contributed by atoms with Crippen LogP contribution in [-0.2, 0) is 16.0 Å². The van der Waals surface area contributed by atoms with Crippen LogP contribution in [0.2, 0.25) is 0 Å². The lowest BCUT2D eigenvalue weighted by Crippen LogP contribution is -2.29. The van der Waals surface area contributed by atoms with Gasteiger partial charge in [-0.1, -0.05) is 12.1 Å². The molecule has 3 aromatic carbocycles. The van der Waals surface area contributed by atoms with Crippen molar-refractivity contribution in [2.45, 2.75) is 18.9 Å². The summed E-state index contributed by atoms with van der Waals surface area (Å²) in [5.41, 5.74) is 3.55. The maximum atomic E-state index is 13.5. The molecule has 0 aliphatic carbocycles. The Morgan fingerprint density at radius 3 is 2.39 bits per heavy atom. The van der Waals surface area contributed by atoms with Crippen LogP contribution in [0.5, 0.6) is 17.2 Å². The number of amides is 1. The number of nitrogens with zero attached hydrogens (tertiary/aromatic N) is 2. The Bertz CT molecular complexity index is 1430. The molecule has 2 aliphatic heterocycles. The van der Waals surface area contributed by atoms with E-state index in [1.54, 1.807) is 30.3 Å². The molecular formula is C30H30N2O6. The van der Waals surface area contributed by atoms with Crippen LogP contribution in [0.1, 0.15) is 29.2 Å². The lowest BCUT2D eigenvalue weighted by molar-refractivity contribution is -0.132. The summed E-state index contributed by atoms with van der Waals surface area (Å²) < 4.78 is 16.5. The molecule has 38 heavy (non-hydrogen) atoms. The topological polar surface area (TPSA) is 88.5 Å². The molecule has 1 atom stereocenters. The minimum Gasteiger partial charge on any atom is -0.507 e. The fourth-order valence-corrected chi connectivity index (χ4v) is 5.01. The Kier molecular flexibility index (Phi) is 6.72. The zero-order valence-corrected chi connectivity index (χ0v) is 21.9. The number of anilines is 2. The summed E-state index contributed by atoms with van der Waals surface area (Å²) in [4.78, 5) is 30.4. The number of ether oxygens (including phenoxy) is 3. The molecule has 5 rings (SSSR count). The first-order valence-corrected chi connectivity index (χ1v) is 12.4. The minimum absolute atomic E-state index is 0.0269. The number of methoxy groups -OCH3 is 2. The summed E-state index contributed by atoms with van der Waals surface area (Å²) in [6.07, 6.45) is 1.69. The highest BCUT2D eigenvalue weighted by molar-refractivity contribution is 6.51. The van der Waals surface area contributed by atoms with E-state index in [0.29, 0.717) is 34.9 Å². The molecule has 1 fully saturated rings. The van der Waals surface area contributed by atoms with Gasteiger partial charge in [0.1, 0.15) is 11.5 Å². The second-order valence-electron chi connectivity index (χ2n) is 9.47. The SMILES string of the molecule is COc1ccc(N2C(=O)C(=O)/C(=C(\O)c3ccc4c(c3)CCCO4)C2c2ccc(N(C)C)cc2)cc1OC. The summed E-state index contributed by atoms with van der Waals surface area (Å²) in [6, 6.07) is 17.1. The van der Waals surface area contributed by atoms with Gasteiger partial charge in [0, 0.05) is 37.1 Å². The molecule has 1 saturated heterocycles. The number of Topliss-reactive ketones (excluding diaryl/α,β-unsaturated/α-hetero) is 1. The fraction of sp³-hybridized carbons (Fsp3) is 0.267. The number of aryl methyl sites for hydroxylation is 1. The summed E-state index contributed by atoms with van der Waals surface area (Å²) in [5.74, 6) is -0.0234. The van der Waals surface area contributed by atoms with Gasteiger partial charge in [-0.25, -0.2) is 0 Å². The number of hydrogen-bond donors (Lipinski definition) is 1. The van der Waals surface area contributed by atoms with Gasteiger partial charge in [0.05, 0.1) is 32.4 Å². The molecule has 196 valence electrons. The molecule has 1 unspecified atom stereocenters. The van der Waals surface area contributed by atoms with Crippen LogP contribution in [0.15, 0.2) is 66.2 Å². The Morgan fingerprint density at radius 2 is 1.71 bits per heavy atom. The summed E-state index contributed by atoms with van der Waals surface area (Å²) in [5, 5.41) is 11.5. The molecule has 0 spiro atoms. The zero-order chi connectivity index (χ0) is 27.0. The third kappa shape index (κ3) is 4.32. The van der Waals surface area contributed by atoms with E-state index in [9.17, 15) is 14.7 Å². The first kappa shape index (κ1) is 25.2. The zero-order valence-electron chi connectivity index (χ0n) is 21.9. The van der Waals surface area contributed by atoms with Crippen molar-refractivity contribution in [3.05, 3.63) is 82.9 Å². The molecule has 1 amide bonds. The van der Waals surface area contributed by atoms with Crippen molar-refractivity contribution < 1.29 is 28.9 Å². The number of aliphatic hydroxyl groups excluding tert-OH is 1. The quantitative estimate of drug-likeness (QED) is 0.289. The highest BCUT2D eigenvalue weighted by atomic mass is 16.5. The molecule has 2 heterocycles. The van der Waals surface area contributed by atoms with E-state index in [1.807, 2.05) is 49.3 Å². The van der Waals surface area contributed by atoms with Crippen LogP contribution >= 0.6 is 0 Å². The molecule has 1 N–H and O–H groups in total. The average Bonchev–Trinajstić information content (AvgIpc) is 3.21. The third-order valence-electron chi connectivity index (χ3n) is 7.00. The van der Waals surface area contributed by atoms with Gasteiger partial charge in [0.15, 0.2) is 11.5 Å². The van der Waals surface area contributed by atoms with Crippen molar-refractivity contribution in [2.24, 2.45) is 0 Å². The standard InChI is InChI=1S/C30H30N2O6/c1-31(2)21-10-7-18(8-11-21)27-26(28(33)20-9-13-23-19(16-20)6-5-15-38-23)29(34)30(35)32(27)22-12-14-24(36-3)25(17-22)37-4/h7-14,16-17,27,33H,5-6,15H2,1-4H3/b28-26-. The predicted octanol–water partition coefficient (Wildman–Crippen LogP) is 4.72. The van der Waals surface area contributed by atoms with Gasteiger partial charge in [-0.05, 0) is 66.4 Å². The van der Waals surface area contributed by atoms with Gasteiger partial charge in [0.2, 0.25) is 0 Å². The van der Waals surface area contributed by atoms with Gasteiger partial charge in [-0.2, -0.15) is 0 Å². The van der Waals surface area contributed by atoms with Crippen LogP contribution in [0.4, 0.5) is 11.4 Å². The van der Waals surface area contributed by atoms with Crippen LogP contribution < -0.4 is 24.0 Å². The minimum atomic E-state index is -0.850. The molecular weight excluding hydrogens is 484 g/mol. The Labute approximate surface area is 221 Å². The monoisotopic (exact) mass is 514 g/mol. The molecule has 0 bridgehead atoms. The Morgan fingerprint density at radius 1 is 0.974 bits per heavy atom. The first-order valence-electron chi connectivity index (χ1n) is 12.4. The van der Waals surface area contributed by atoms with Crippen LogP contribution in [0.25, 0.3) is 5.76 Å². The number of fused-ring (bicyclic) bond motifs is 1.